The van der Waals surface area contributed by atoms with Crippen molar-refractivity contribution in [2.24, 2.45) is 5.73 Å². The first kappa shape index (κ1) is 14.9. The summed E-state index contributed by atoms with van der Waals surface area (Å²) in [5.74, 6) is 0.844. The van der Waals surface area contributed by atoms with Gasteiger partial charge in [-0.2, -0.15) is 5.10 Å². The molecule has 0 fully saturated rings. The third-order valence-electron chi connectivity index (χ3n) is 3.11. The fourth-order valence-electron chi connectivity index (χ4n) is 2.17. The molecule has 0 spiro atoms. The summed E-state index contributed by atoms with van der Waals surface area (Å²) >= 11 is 6.22. The third kappa shape index (κ3) is 3.14. The van der Waals surface area contributed by atoms with Crippen LogP contribution in [0.4, 0.5) is 0 Å². The van der Waals surface area contributed by atoms with E-state index in [-0.39, 0.29) is 6.04 Å². The molecule has 1 atom stereocenters. The van der Waals surface area contributed by atoms with Gasteiger partial charge < -0.3 is 10.5 Å². The van der Waals surface area contributed by atoms with Crippen molar-refractivity contribution in [1.82, 2.24) is 9.78 Å². The van der Waals surface area contributed by atoms with Crippen LogP contribution in [-0.4, -0.2) is 16.4 Å². The lowest BCUT2D eigenvalue weighted by Gasteiger charge is -2.15. The van der Waals surface area contributed by atoms with Crippen LogP contribution < -0.4 is 10.5 Å². The number of hydrogen-bond acceptors (Lipinski definition) is 3. The van der Waals surface area contributed by atoms with Crippen molar-refractivity contribution in [2.45, 2.75) is 32.9 Å². The van der Waals surface area contributed by atoms with Gasteiger partial charge in [-0.3, -0.25) is 4.68 Å². The van der Waals surface area contributed by atoms with E-state index in [4.69, 9.17) is 22.1 Å². The second-order valence-electron chi connectivity index (χ2n) is 4.58. The van der Waals surface area contributed by atoms with Gasteiger partial charge in [-0.25, -0.2) is 0 Å². The highest BCUT2D eigenvalue weighted by atomic mass is 35.5. The molecule has 0 bridgehead atoms. The SMILES string of the molecule is CCCn1ncc(Cl)c1C(N)c1ccc(OCC)cc1. The van der Waals surface area contributed by atoms with Crippen LogP contribution in [0.5, 0.6) is 5.75 Å². The Labute approximate surface area is 124 Å². The molecule has 2 N–H and O–H groups in total. The summed E-state index contributed by atoms with van der Waals surface area (Å²) < 4.78 is 7.31. The Morgan fingerprint density at radius 3 is 2.60 bits per heavy atom. The van der Waals surface area contributed by atoms with Crippen molar-refractivity contribution in [1.29, 1.82) is 0 Å². The highest BCUT2D eigenvalue weighted by molar-refractivity contribution is 6.31. The molecule has 4 nitrogen and oxygen atoms in total. The molecule has 0 saturated carbocycles. The Bertz CT molecular complexity index is 551. The zero-order chi connectivity index (χ0) is 14.5. The molecular formula is C15H20ClN3O. The highest BCUT2D eigenvalue weighted by Crippen LogP contribution is 2.27. The van der Waals surface area contributed by atoms with Crippen LogP contribution >= 0.6 is 11.6 Å². The number of rotatable bonds is 6. The van der Waals surface area contributed by atoms with E-state index in [1.54, 1.807) is 6.20 Å². The van der Waals surface area contributed by atoms with Crippen molar-refractivity contribution in [2.75, 3.05) is 6.61 Å². The molecule has 0 radical (unpaired) electrons. The predicted octanol–water partition coefficient (Wildman–Crippen LogP) is 3.39. The van der Waals surface area contributed by atoms with E-state index < -0.39 is 0 Å². The van der Waals surface area contributed by atoms with Crippen molar-refractivity contribution < 1.29 is 4.74 Å². The zero-order valence-electron chi connectivity index (χ0n) is 11.8. The highest BCUT2D eigenvalue weighted by Gasteiger charge is 2.18. The van der Waals surface area contributed by atoms with Gasteiger partial charge in [0.2, 0.25) is 0 Å². The van der Waals surface area contributed by atoms with Gasteiger partial charge in [0, 0.05) is 6.54 Å². The first-order valence-corrected chi connectivity index (χ1v) is 7.24. The molecule has 0 saturated heterocycles. The minimum absolute atomic E-state index is 0.285. The summed E-state index contributed by atoms with van der Waals surface area (Å²) in [6.07, 6.45) is 2.64. The molecule has 2 aromatic rings. The molecule has 1 aromatic heterocycles. The largest absolute Gasteiger partial charge is 0.494 e. The normalized spacial score (nSPS) is 12.4. The van der Waals surface area contributed by atoms with Crippen LogP contribution in [0.15, 0.2) is 30.5 Å². The topological polar surface area (TPSA) is 53.1 Å². The standard InChI is InChI=1S/C15H20ClN3O/c1-3-9-19-15(13(16)10-18-19)14(17)11-5-7-12(8-6-11)20-4-2/h5-8,10,14H,3-4,9,17H2,1-2H3. The van der Waals surface area contributed by atoms with Gasteiger partial charge in [0.1, 0.15) is 5.75 Å². The van der Waals surface area contributed by atoms with Gasteiger partial charge in [0.05, 0.1) is 29.6 Å². The second kappa shape index (κ2) is 6.77. The molecule has 0 aliphatic rings. The van der Waals surface area contributed by atoms with Crippen molar-refractivity contribution >= 4 is 11.6 Å². The van der Waals surface area contributed by atoms with Gasteiger partial charge in [-0.15, -0.1) is 0 Å². The maximum atomic E-state index is 6.33. The van der Waals surface area contributed by atoms with Crippen LogP contribution in [0.25, 0.3) is 0 Å². The van der Waals surface area contributed by atoms with Crippen LogP contribution in [0.2, 0.25) is 5.02 Å². The monoisotopic (exact) mass is 293 g/mol. The lowest BCUT2D eigenvalue weighted by molar-refractivity contribution is 0.340. The maximum absolute atomic E-state index is 6.33. The number of aromatic nitrogens is 2. The van der Waals surface area contributed by atoms with Gasteiger partial charge in [0.15, 0.2) is 0 Å². The van der Waals surface area contributed by atoms with Gasteiger partial charge in [-0.05, 0) is 31.0 Å². The van der Waals surface area contributed by atoms with Crippen LogP contribution in [0, 0.1) is 0 Å². The summed E-state index contributed by atoms with van der Waals surface area (Å²) in [4.78, 5) is 0. The van der Waals surface area contributed by atoms with E-state index in [1.807, 2.05) is 35.9 Å². The maximum Gasteiger partial charge on any atom is 0.119 e. The second-order valence-corrected chi connectivity index (χ2v) is 4.99. The number of aryl methyl sites for hydroxylation is 1. The molecule has 1 unspecified atom stereocenters. The molecule has 108 valence electrons. The summed E-state index contributed by atoms with van der Waals surface area (Å²) in [5, 5.41) is 4.89. The van der Waals surface area contributed by atoms with E-state index in [0.29, 0.717) is 11.6 Å². The van der Waals surface area contributed by atoms with Crippen LogP contribution in [0.3, 0.4) is 0 Å². The Hall–Kier alpha value is -1.52. The number of halogens is 1. The molecule has 0 aliphatic carbocycles. The number of nitrogens with zero attached hydrogens (tertiary/aromatic N) is 2. The Morgan fingerprint density at radius 1 is 1.30 bits per heavy atom. The zero-order valence-corrected chi connectivity index (χ0v) is 12.6. The van der Waals surface area contributed by atoms with E-state index in [9.17, 15) is 0 Å². The number of hydrogen-bond donors (Lipinski definition) is 1. The summed E-state index contributed by atoms with van der Waals surface area (Å²) in [7, 11) is 0. The van der Waals surface area contributed by atoms with E-state index >= 15 is 0 Å². The molecule has 2 rings (SSSR count). The van der Waals surface area contributed by atoms with Crippen molar-refractivity contribution in [3.05, 3.63) is 46.7 Å². The first-order chi connectivity index (χ1) is 9.67. The van der Waals surface area contributed by atoms with E-state index in [2.05, 4.69) is 12.0 Å². The fourth-order valence-corrected chi connectivity index (χ4v) is 2.43. The molecule has 5 heteroatoms. The van der Waals surface area contributed by atoms with Crippen LogP contribution in [-0.2, 0) is 6.54 Å². The van der Waals surface area contributed by atoms with Crippen LogP contribution in [0.1, 0.15) is 37.6 Å². The van der Waals surface area contributed by atoms with Crippen molar-refractivity contribution in [3.63, 3.8) is 0 Å². The Kier molecular flexibility index (Phi) is 5.04. The first-order valence-electron chi connectivity index (χ1n) is 6.86. The quantitative estimate of drug-likeness (QED) is 0.888. The minimum Gasteiger partial charge on any atom is -0.494 e. The van der Waals surface area contributed by atoms with Gasteiger partial charge >= 0.3 is 0 Å². The molecule has 0 aliphatic heterocycles. The van der Waals surface area contributed by atoms with Gasteiger partial charge in [0.25, 0.3) is 0 Å². The summed E-state index contributed by atoms with van der Waals surface area (Å²) in [6.45, 7) is 5.53. The minimum atomic E-state index is -0.285. The summed E-state index contributed by atoms with van der Waals surface area (Å²) in [6, 6.07) is 7.50. The molecule has 1 heterocycles. The number of ether oxygens (including phenoxy) is 1. The molecule has 0 amide bonds. The Balaban J connectivity index is 2.26. The average molecular weight is 294 g/mol. The Morgan fingerprint density at radius 2 is 2.00 bits per heavy atom. The molecular weight excluding hydrogens is 274 g/mol. The third-order valence-corrected chi connectivity index (χ3v) is 3.40. The summed E-state index contributed by atoms with van der Waals surface area (Å²) in [5.41, 5.74) is 8.18. The van der Waals surface area contributed by atoms with Crippen molar-refractivity contribution in [3.8, 4) is 5.75 Å². The average Bonchev–Trinajstić information content (AvgIpc) is 2.81. The van der Waals surface area contributed by atoms with E-state index in [1.165, 1.54) is 0 Å². The fraction of sp³-hybridized carbons (Fsp3) is 0.400. The lowest BCUT2D eigenvalue weighted by atomic mass is 10.0. The smallest absolute Gasteiger partial charge is 0.119 e. The van der Waals surface area contributed by atoms with E-state index in [0.717, 1.165) is 30.0 Å². The molecule has 20 heavy (non-hydrogen) atoms. The predicted molar refractivity (Wildman–Crippen MR) is 81.2 cm³/mol. The lowest BCUT2D eigenvalue weighted by Crippen LogP contribution is -2.18. The van der Waals surface area contributed by atoms with Gasteiger partial charge in [-0.1, -0.05) is 30.7 Å². The molecule has 1 aromatic carbocycles. The number of nitrogens with two attached hydrogens (primary N) is 1. The number of benzene rings is 1.